The van der Waals surface area contributed by atoms with E-state index in [0.717, 1.165) is 31.2 Å². The van der Waals surface area contributed by atoms with Crippen LogP contribution in [0, 0.1) is 0 Å². The van der Waals surface area contributed by atoms with Crippen molar-refractivity contribution in [2.24, 2.45) is 4.99 Å². The van der Waals surface area contributed by atoms with Crippen LogP contribution in [-0.4, -0.2) is 37.5 Å². The molecule has 3 rings (SSSR count). The van der Waals surface area contributed by atoms with Gasteiger partial charge in [-0.15, -0.1) is 0 Å². The number of amides is 1. The Morgan fingerprint density at radius 1 is 1.53 bits per heavy atom. The van der Waals surface area contributed by atoms with E-state index in [9.17, 15) is 4.79 Å². The van der Waals surface area contributed by atoms with E-state index in [-0.39, 0.29) is 12.5 Å². The summed E-state index contributed by atoms with van der Waals surface area (Å²) in [7, 11) is 0. The lowest BCUT2D eigenvalue weighted by Gasteiger charge is -2.18. The van der Waals surface area contributed by atoms with Crippen LogP contribution >= 0.6 is 0 Å². The Kier molecular flexibility index (Phi) is 3.11. The Balaban J connectivity index is 1.60. The minimum Gasteiger partial charge on any atom is -0.352 e. The largest absolute Gasteiger partial charge is 0.352 e. The second-order valence-corrected chi connectivity index (χ2v) is 5.01. The van der Waals surface area contributed by atoms with Crippen molar-refractivity contribution in [3.8, 4) is 0 Å². The van der Waals surface area contributed by atoms with Crippen molar-refractivity contribution in [1.82, 2.24) is 10.6 Å². The monoisotopic (exact) mass is 258 g/mol. The molecule has 0 saturated carbocycles. The van der Waals surface area contributed by atoms with Crippen LogP contribution in [0.3, 0.4) is 0 Å². The predicted molar refractivity (Wildman–Crippen MR) is 75.4 cm³/mol. The molecule has 1 amide bonds. The number of guanidine groups is 1. The van der Waals surface area contributed by atoms with E-state index in [1.54, 1.807) is 0 Å². The maximum atomic E-state index is 12.2. The fourth-order valence-electron chi connectivity index (χ4n) is 2.51. The number of carbonyl (C=O) groups excluding carboxylic acids is 1. The molecule has 0 fully saturated rings. The minimum atomic E-state index is 0.0917. The Morgan fingerprint density at radius 2 is 2.37 bits per heavy atom. The molecular formula is C14H18N4O. The molecule has 0 aliphatic carbocycles. The summed E-state index contributed by atoms with van der Waals surface area (Å²) in [4.78, 5) is 18.4. The maximum absolute atomic E-state index is 12.2. The molecule has 1 atom stereocenters. The van der Waals surface area contributed by atoms with Crippen LogP contribution in [0.1, 0.15) is 12.5 Å². The van der Waals surface area contributed by atoms with Gasteiger partial charge >= 0.3 is 0 Å². The van der Waals surface area contributed by atoms with E-state index in [0.29, 0.717) is 6.04 Å². The van der Waals surface area contributed by atoms with Gasteiger partial charge in [-0.1, -0.05) is 18.2 Å². The van der Waals surface area contributed by atoms with Crippen LogP contribution in [0.5, 0.6) is 0 Å². The van der Waals surface area contributed by atoms with Gasteiger partial charge in [0.25, 0.3) is 0 Å². The summed E-state index contributed by atoms with van der Waals surface area (Å²) < 4.78 is 0. The summed E-state index contributed by atoms with van der Waals surface area (Å²) in [6, 6.07) is 8.44. The summed E-state index contributed by atoms with van der Waals surface area (Å²) in [5, 5.41) is 6.25. The highest BCUT2D eigenvalue weighted by Crippen LogP contribution is 2.27. The summed E-state index contributed by atoms with van der Waals surface area (Å²) in [6.45, 7) is 3.89. The molecule has 0 saturated heterocycles. The SMILES string of the molecule is CC1CN=C(NCC(=O)N2CCc3ccccc32)N1. The molecule has 5 nitrogen and oxygen atoms in total. The number of nitrogens with one attached hydrogen (secondary N) is 2. The van der Waals surface area contributed by atoms with Crippen LogP contribution in [0.25, 0.3) is 0 Å². The zero-order chi connectivity index (χ0) is 13.2. The molecule has 1 aromatic carbocycles. The molecule has 100 valence electrons. The van der Waals surface area contributed by atoms with E-state index in [1.807, 2.05) is 23.1 Å². The molecule has 2 heterocycles. The summed E-state index contributed by atoms with van der Waals surface area (Å²) in [5.41, 5.74) is 2.30. The first-order chi connectivity index (χ1) is 9.24. The molecular weight excluding hydrogens is 240 g/mol. The van der Waals surface area contributed by atoms with Gasteiger partial charge in [0.1, 0.15) is 0 Å². The van der Waals surface area contributed by atoms with Crippen molar-refractivity contribution in [1.29, 1.82) is 0 Å². The van der Waals surface area contributed by atoms with E-state index in [4.69, 9.17) is 0 Å². The Bertz CT molecular complexity index is 526. The van der Waals surface area contributed by atoms with E-state index < -0.39 is 0 Å². The minimum absolute atomic E-state index is 0.0917. The molecule has 2 N–H and O–H groups in total. The molecule has 1 unspecified atom stereocenters. The second kappa shape index (κ2) is 4.91. The van der Waals surface area contributed by atoms with E-state index >= 15 is 0 Å². The highest BCUT2D eigenvalue weighted by Gasteiger charge is 2.24. The Morgan fingerprint density at radius 3 is 3.16 bits per heavy atom. The molecule has 0 spiro atoms. The average Bonchev–Trinajstić information content (AvgIpc) is 3.02. The number of fused-ring (bicyclic) bond motifs is 1. The van der Waals surface area contributed by atoms with Crippen LogP contribution < -0.4 is 15.5 Å². The molecule has 2 aliphatic rings. The highest BCUT2D eigenvalue weighted by molar-refractivity contribution is 5.98. The molecule has 2 aliphatic heterocycles. The van der Waals surface area contributed by atoms with Crippen LogP contribution in [-0.2, 0) is 11.2 Å². The fraction of sp³-hybridized carbons (Fsp3) is 0.429. The molecule has 0 radical (unpaired) electrons. The number of rotatable bonds is 2. The normalized spacial score (nSPS) is 20.8. The number of benzene rings is 1. The maximum Gasteiger partial charge on any atom is 0.246 e. The van der Waals surface area contributed by atoms with Gasteiger partial charge in [-0.25, -0.2) is 0 Å². The smallest absolute Gasteiger partial charge is 0.246 e. The number of carbonyl (C=O) groups is 1. The topological polar surface area (TPSA) is 56.7 Å². The summed E-state index contributed by atoms with van der Waals surface area (Å²) in [5.74, 6) is 0.822. The first-order valence-corrected chi connectivity index (χ1v) is 6.67. The molecule has 5 heteroatoms. The van der Waals surface area contributed by atoms with Gasteiger partial charge in [-0.2, -0.15) is 0 Å². The number of hydrogen-bond donors (Lipinski definition) is 2. The van der Waals surface area contributed by atoms with Gasteiger partial charge < -0.3 is 15.5 Å². The third kappa shape index (κ3) is 2.41. The van der Waals surface area contributed by atoms with Crippen molar-refractivity contribution >= 4 is 17.6 Å². The van der Waals surface area contributed by atoms with Crippen molar-refractivity contribution in [3.63, 3.8) is 0 Å². The third-order valence-electron chi connectivity index (χ3n) is 3.50. The number of aliphatic imine (C=N–C) groups is 1. The lowest BCUT2D eigenvalue weighted by Crippen LogP contribution is -2.44. The third-order valence-corrected chi connectivity index (χ3v) is 3.50. The number of nitrogens with zero attached hydrogens (tertiary/aromatic N) is 2. The second-order valence-electron chi connectivity index (χ2n) is 5.01. The Labute approximate surface area is 112 Å². The molecule has 19 heavy (non-hydrogen) atoms. The number of para-hydroxylation sites is 1. The lowest BCUT2D eigenvalue weighted by atomic mass is 10.2. The van der Waals surface area contributed by atoms with Gasteiger partial charge in [0, 0.05) is 18.3 Å². The molecule has 1 aromatic rings. The molecule has 0 aromatic heterocycles. The van der Waals surface area contributed by atoms with E-state index in [1.165, 1.54) is 5.56 Å². The summed E-state index contributed by atoms with van der Waals surface area (Å²) >= 11 is 0. The fourth-order valence-corrected chi connectivity index (χ4v) is 2.51. The van der Waals surface area contributed by atoms with Crippen LogP contribution in [0.15, 0.2) is 29.3 Å². The predicted octanol–water partition coefficient (Wildman–Crippen LogP) is 0.513. The van der Waals surface area contributed by atoms with E-state index in [2.05, 4.69) is 28.6 Å². The van der Waals surface area contributed by atoms with Crippen LogP contribution in [0.4, 0.5) is 5.69 Å². The molecule has 0 bridgehead atoms. The van der Waals surface area contributed by atoms with Gasteiger partial charge in [0.15, 0.2) is 5.96 Å². The Hall–Kier alpha value is -2.04. The number of anilines is 1. The van der Waals surface area contributed by atoms with Gasteiger partial charge in [0.05, 0.1) is 13.1 Å². The standard InChI is InChI=1S/C14H18N4O/c1-10-8-15-14(17-10)16-9-13(19)18-7-6-11-4-2-3-5-12(11)18/h2-5,10H,6-9H2,1H3,(H2,15,16,17). The van der Waals surface area contributed by atoms with Crippen molar-refractivity contribution in [2.45, 2.75) is 19.4 Å². The number of hydrogen-bond acceptors (Lipinski definition) is 4. The van der Waals surface area contributed by atoms with Crippen molar-refractivity contribution in [2.75, 3.05) is 24.5 Å². The van der Waals surface area contributed by atoms with Crippen molar-refractivity contribution < 1.29 is 4.79 Å². The van der Waals surface area contributed by atoms with Gasteiger partial charge in [-0.3, -0.25) is 9.79 Å². The first kappa shape index (κ1) is 12.0. The van der Waals surface area contributed by atoms with Gasteiger partial charge in [0.2, 0.25) is 5.91 Å². The van der Waals surface area contributed by atoms with Crippen molar-refractivity contribution in [3.05, 3.63) is 29.8 Å². The quantitative estimate of drug-likeness (QED) is 0.813. The zero-order valence-corrected chi connectivity index (χ0v) is 11.0. The highest BCUT2D eigenvalue weighted by atomic mass is 16.2. The van der Waals surface area contributed by atoms with Gasteiger partial charge in [-0.05, 0) is 25.0 Å². The van der Waals surface area contributed by atoms with Crippen LogP contribution in [0.2, 0.25) is 0 Å². The lowest BCUT2D eigenvalue weighted by molar-refractivity contribution is -0.117. The first-order valence-electron chi connectivity index (χ1n) is 6.67. The average molecular weight is 258 g/mol. The zero-order valence-electron chi connectivity index (χ0n) is 11.0. The summed E-state index contributed by atoms with van der Waals surface area (Å²) in [6.07, 6.45) is 0.943.